The van der Waals surface area contributed by atoms with Crippen molar-refractivity contribution < 1.29 is 20.1 Å². The maximum Gasteiger partial charge on any atom is 0.336 e. The summed E-state index contributed by atoms with van der Waals surface area (Å²) >= 11 is 1.33. The molecule has 0 aliphatic heterocycles. The summed E-state index contributed by atoms with van der Waals surface area (Å²) in [5.41, 5.74) is 0.265. The Labute approximate surface area is 91.0 Å². The summed E-state index contributed by atoms with van der Waals surface area (Å²) in [6, 6.07) is 1.21. The molecule has 0 unspecified atom stereocenters. The molecule has 0 amide bonds. The van der Waals surface area contributed by atoms with Gasteiger partial charge >= 0.3 is 5.97 Å². The number of rotatable bonds is 6. The van der Waals surface area contributed by atoms with E-state index in [9.17, 15) is 4.79 Å². The summed E-state index contributed by atoms with van der Waals surface area (Å²) in [6.07, 6.45) is 0. The van der Waals surface area contributed by atoms with E-state index in [1.807, 2.05) is 0 Å². The third kappa shape index (κ3) is 3.60. The van der Waals surface area contributed by atoms with E-state index in [0.717, 1.165) is 4.88 Å². The Morgan fingerprint density at radius 3 is 2.60 bits per heavy atom. The Bertz CT molecular complexity index is 322. The summed E-state index contributed by atoms with van der Waals surface area (Å²) in [4.78, 5) is 11.4. The zero-order valence-corrected chi connectivity index (χ0v) is 8.83. The van der Waals surface area contributed by atoms with Gasteiger partial charge in [0.15, 0.2) is 0 Å². The second-order valence-electron chi connectivity index (χ2n) is 3.05. The zero-order valence-electron chi connectivity index (χ0n) is 8.01. The van der Waals surface area contributed by atoms with Crippen molar-refractivity contribution in [1.29, 1.82) is 0 Å². The quantitative estimate of drug-likeness (QED) is 0.548. The van der Waals surface area contributed by atoms with Crippen LogP contribution in [-0.4, -0.2) is 40.5 Å². The first kappa shape index (κ1) is 12.1. The normalized spacial score (nSPS) is 10.9. The highest BCUT2D eigenvalue weighted by atomic mass is 32.1. The SMILES string of the molecule is O=C(O)c1csc(CNC(CO)CO)c1. The largest absolute Gasteiger partial charge is 0.478 e. The Morgan fingerprint density at radius 2 is 2.13 bits per heavy atom. The lowest BCUT2D eigenvalue weighted by molar-refractivity contribution is 0.0697. The van der Waals surface area contributed by atoms with Crippen molar-refractivity contribution >= 4 is 17.3 Å². The van der Waals surface area contributed by atoms with Crippen molar-refractivity contribution in [3.8, 4) is 0 Å². The van der Waals surface area contributed by atoms with Crippen LogP contribution in [0.5, 0.6) is 0 Å². The van der Waals surface area contributed by atoms with Crippen LogP contribution in [0.1, 0.15) is 15.2 Å². The van der Waals surface area contributed by atoms with E-state index in [2.05, 4.69) is 5.32 Å². The van der Waals surface area contributed by atoms with Gasteiger partial charge in [-0.2, -0.15) is 0 Å². The fourth-order valence-corrected chi connectivity index (χ4v) is 1.83. The Kier molecular flexibility index (Phi) is 4.70. The molecule has 0 saturated heterocycles. The second-order valence-corrected chi connectivity index (χ2v) is 4.05. The Balaban J connectivity index is 2.47. The fraction of sp³-hybridized carbons (Fsp3) is 0.444. The summed E-state index contributed by atoms with van der Waals surface area (Å²) < 4.78 is 0. The number of carboxylic acid groups (broad SMARTS) is 1. The van der Waals surface area contributed by atoms with Crippen LogP contribution < -0.4 is 5.32 Å². The predicted molar refractivity (Wildman–Crippen MR) is 56.1 cm³/mol. The van der Waals surface area contributed by atoms with Gasteiger partial charge in [0.2, 0.25) is 0 Å². The average Bonchev–Trinajstić information content (AvgIpc) is 2.68. The van der Waals surface area contributed by atoms with E-state index < -0.39 is 5.97 Å². The molecule has 0 fully saturated rings. The maximum absolute atomic E-state index is 10.6. The lowest BCUT2D eigenvalue weighted by Crippen LogP contribution is -2.34. The van der Waals surface area contributed by atoms with Crippen molar-refractivity contribution in [2.45, 2.75) is 12.6 Å². The van der Waals surface area contributed by atoms with Gasteiger partial charge in [-0.25, -0.2) is 4.79 Å². The number of aromatic carboxylic acids is 1. The highest BCUT2D eigenvalue weighted by Crippen LogP contribution is 2.14. The minimum Gasteiger partial charge on any atom is -0.478 e. The molecular weight excluding hydrogens is 218 g/mol. The summed E-state index contributed by atoms with van der Waals surface area (Å²) in [5.74, 6) is -0.946. The van der Waals surface area contributed by atoms with Crippen LogP contribution in [0, 0.1) is 0 Å². The van der Waals surface area contributed by atoms with Crippen molar-refractivity contribution in [2.75, 3.05) is 13.2 Å². The van der Waals surface area contributed by atoms with Crippen LogP contribution in [0.25, 0.3) is 0 Å². The molecule has 1 aromatic rings. The summed E-state index contributed by atoms with van der Waals surface area (Å²) in [6.45, 7) is 0.158. The van der Waals surface area contributed by atoms with Crippen molar-refractivity contribution in [3.05, 3.63) is 21.9 Å². The monoisotopic (exact) mass is 231 g/mol. The molecule has 1 heterocycles. The molecule has 4 N–H and O–H groups in total. The topological polar surface area (TPSA) is 89.8 Å². The van der Waals surface area contributed by atoms with Crippen molar-refractivity contribution in [2.24, 2.45) is 0 Å². The van der Waals surface area contributed by atoms with Crippen LogP contribution in [0.2, 0.25) is 0 Å². The standard InChI is InChI=1S/C9H13NO4S/c11-3-7(4-12)10-2-8-1-6(5-15-8)9(13)14/h1,5,7,10-12H,2-4H2,(H,13,14). The maximum atomic E-state index is 10.6. The molecule has 6 heteroatoms. The third-order valence-corrected chi connectivity index (χ3v) is 2.84. The molecule has 0 spiro atoms. The lowest BCUT2D eigenvalue weighted by Gasteiger charge is -2.11. The number of carbonyl (C=O) groups is 1. The van der Waals surface area contributed by atoms with Gasteiger partial charge in [0, 0.05) is 16.8 Å². The molecule has 1 aromatic heterocycles. The van der Waals surface area contributed by atoms with Crippen LogP contribution in [0.4, 0.5) is 0 Å². The number of hydrogen-bond acceptors (Lipinski definition) is 5. The highest BCUT2D eigenvalue weighted by molar-refractivity contribution is 7.10. The van der Waals surface area contributed by atoms with Gasteiger partial charge in [-0.3, -0.25) is 0 Å². The van der Waals surface area contributed by atoms with E-state index in [1.165, 1.54) is 11.3 Å². The first-order valence-corrected chi connectivity index (χ1v) is 5.31. The smallest absolute Gasteiger partial charge is 0.336 e. The Morgan fingerprint density at radius 1 is 1.47 bits per heavy atom. The summed E-state index contributed by atoms with van der Waals surface area (Å²) in [5, 5.41) is 30.7. The van der Waals surface area contributed by atoms with Crippen LogP contribution in [0.3, 0.4) is 0 Å². The zero-order chi connectivity index (χ0) is 11.3. The number of hydrogen-bond donors (Lipinski definition) is 4. The van der Waals surface area contributed by atoms with E-state index in [4.69, 9.17) is 15.3 Å². The van der Waals surface area contributed by atoms with E-state index in [0.29, 0.717) is 6.54 Å². The predicted octanol–water partition coefficient (Wildman–Crippen LogP) is -0.111. The van der Waals surface area contributed by atoms with Gasteiger partial charge in [0.25, 0.3) is 0 Å². The molecule has 1 rings (SSSR count). The van der Waals surface area contributed by atoms with Gasteiger partial charge in [0.05, 0.1) is 24.8 Å². The first-order chi connectivity index (χ1) is 7.17. The number of nitrogens with one attached hydrogen (secondary N) is 1. The van der Waals surface area contributed by atoms with Gasteiger partial charge in [-0.1, -0.05) is 0 Å². The molecule has 15 heavy (non-hydrogen) atoms. The van der Waals surface area contributed by atoms with Crippen molar-refractivity contribution in [1.82, 2.24) is 5.32 Å². The molecule has 0 bridgehead atoms. The van der Waals surface area contributed by atoms with Crippen LogP contribution >= 0.6 is 11.3 Å². The minimum absolute atomic E-state index is 0.145. The first-order valence-electron chi connectivity index (χ1n) is 4.43. The molecule has 0 radical (unpaired) electrons. The number of thiophene rings is 1. The van der Waals surface area contributed by atoms with Crippen molar-refractivity contribution in [3.63, 3.8) is 0 Å². The van der Waals surface area contributed by atoms with Crippen LogP contribution in [-0.2, 0) is 6.54 Å². The van der Waals surface area contributed by atoms with E-state index in [1.54, 1.807) is 11.4 Å². The van der Waals surface area contributed by atoms with E-state index in [-0.39, 0.29) is 24.8 Å². The molecular formula is C9H13NO4S. The number of aliphatic hydroxyl groups is 2. The van der Waals surface area contributed by atoms with Crippen LogP contribution in [0.15, 0.2) is 11.4 Å². The fourth-order valence-electron chi connectivity index (χ4n) is 1.02. The highest BCUT2D eigenvalue weighted by Gasteiger charge is 2.08. The average molecular weight is 231 g/mol. The molecule has 0 aliphatic rings. The second kappa shape index (κ2) is 5.82. The Hall–Kier alpha value is -0.950. The third-order valence-electron chi connectivity index (χ3n) is 1.91. The molecule has 0 aromatic carbocycles. The van der Waals surface area contributed by atoms with Gasteiger partial charge in [0.1, 0.15) is 0 Å². The van der Waals surface area contributed by atoms with Gasteiger partial charge in [-0.05, 0) is 6.07 Å². The molecule has 5 nitrogen and oxygen atoms in total. The minimum atomic E-state index is -0.946. The number of carboxylic acids is 1. The van der Waals surface area contributed by atoms with Gasteiger partial charge in [-0.15, -0.1) is 11.3 Å². The summed E-state index contributed by atoms with van der Waals surface area (Å²) in [7, 11) is 0. The lowest BCUT2D eigenvalue weighted by atomic mass is 10.3. The molecule has 0 saturated carbocycles. The van der Waals surface area contributed by atoms with E-state index >= 15 is 0 Å². The van der Waals surface area contributed by atoms with Gasteiger partial charge < -0.3 is 20.6 Å². The number of aliphatic hydroxyl groups excluding tert-OH is 2. The molecule has 0 atom stereocenters. The molecule has 0 aliphatic carbocycles. The molecule has 84 valence electrons.